The number of unbranched alkanes of at least 4 members (excludes halogenated alkanes) is 1. The lowest BCUT2D eigenvalue weighted by atomic mass is 10.1. The van der Waals surface area contributed by atoms with Crippen molar-refractivity contribution < 1.29 is 28.6 Å². The quantitative estimate of drug-likeness (QED) is 0.462. The van der Waals surface area contributed by atoms with E-state index in [4.69, 9.17) is 14.2 Å². The van der Waals surface area contributed by atoms with E-state index < -0.39 is 0 Å². The SMILES string of the molecule is CCCCOc1ccc(C(=O)NCCCC(=O)NC2CCN(C(=O)OCC)CC2)cc1OC. The van der Waals surface area contributed by atoms with Crippen LogP contribution in [-0.2, 0) is 9.53 Å². The largest absolute Gasteiger partial charge is 0.493 e. The zero-order valence-electron chi connectivity index (χ0n) is 20.0. The molecule has 0 atom stereocenters. The Morgan fingerprint density at radius 1 is 1.09 bits per heavy atom. The van der Waals surface area contributed by atoms with E-state index in [1.165, 1.54) is 0 Å². The number of hydrogen-bond donors (Lipinski definition) is 2. The first-order valence-electron chi connectivity index (χ1n) is 11.8. The molecule has 3 amide bonds. The Morgan fingerprint density at radius 2 is 1.85 bits per heavy atom. The van der Waals surface area contributed by atoms with Gasteiger partial charge in [0.05, 0.1) is 20.3 Å². The van der Waals surface area contributed by atoms with Crippen LogP contribution in [0.15, 0.2) is 18.2 Å². The Morgan fingerprint density at radius 3 is 2.52 bits per heavy atom. The van der Waals surface area contributed by atoms with Gasteiger partial charge in [-0.05, 0) is 50.8 Å². The lowest BCUT2D eigenvalue weighted by Gasteiger charge is -2.31. The van der Waals surface area contributed by atoms with Crippen LogP contribution in [0.1, 0.15) is 62.7 Å². The standard InChI is InChI=1S/C24H37N3O6/c1-4-6-16-33-20-10-9-18(17-21(20)31-3)23(29)25-13-7-8-22(28)26-19-11-14-27(15-12-19)24(30)32-5-2/h9-10,17,19H,4-8,11-16H2,1-3H3,(H,25,29)(H,26,28). The number of benzene rings is 1. The number of ether oxygens (including phenoxy) is 3. The molecule has 0 radical (unpaired) electrons. The van der Waals surface area contributed by atoms with Crippen LogP contribution in [-0.4, -0.2) is 68.8 Å². The summed E-state index contributed by atoms with van der Waals surface area (Å²) in [6, 6.07) is 5.16. The van der Waals surface area contributed by atoms with E-state index in [0.717, 1.165) is 12.8 Å². The van der Waals surface area contributed by atoms with Gasteiger partial charge >= 0.3 is 6.09 Å². The Bertz CT molecular complexity index is 777. The highest BCUT2D eigenvalue weighted by molar-refractivity contribution is 5.94. The summed E-state index contributed by atoms with van der Waals surface area (Å²) in [6.45, 7) is 6.38. The zero-order chi connectivity index (χ0) is 24.1. The highest BCUT2D eigenvalue weighted by Gasteiger charge is 2.24. The first kappa shape index (κ1) is 26.3. The second kappa shape index (κ2) is 14.2. The minimum Gasteiger partial charge on any atom is -0.493 e. The van der Waals surface area contributed by atoms with Gasteiger partial charge in [0.15, 0.2) is 11.5 Å². The summed E-state index contributed by atoms with van der Waals surface area (Å²) < 4.78 is 16.0. The molecule has 9 nitrogen and oxygen atoms in total. The molecule has 0 bridgehead atoms. The third-order valence-electron chi connectivity index (χ3n) is 5.43. The fraction of sp³-hybridized carbons (Fsp3) is 0.625. The van der Waals surface area contributed by atoms with Crippen LogP contribution in [0.25, 0.3) is 0 Å². The van der Waals surface area contributed by atoms with Crippen LogP contribution in [0.3, 0.4) is 0 Å². The van der Waals surface area contributed by atoms with Gasteiger partial charge in [0.1, 0.15) is 0 Å². The van der Waals surface area contributed by atoms with Crippen LogP contribution in [0.2, 0.25) is 0 Å². The molecule has 0 aromatic heterocycles. The highest BCUT2D eigenvalue weighted by atomic mass is 16.6. The maximum Gasteiger partial charge on any atom is 0.409 e. The highest BCUT2D eigenvalue weighted by Crippen LogP contribution is 2.28. The maximum absolute atomic E-state index is 12.4. The molecule has 0 aliphatic carbocycles. The number of carbonyl (C=O) groups excluding carboxylic acids is 3. The molecule has 1 saturated heterocycles. The van der Waals surface area contributed by atoms with Crippen molar-refractivity contribution in [2.45, 2.75) is 58.4 Å². The number of rotatable bonds is 12. The lowest BCUT2D eigenvalue weighted by molar-refractivity contribution is -0.122. The fourth-order valence-electron chi connectivity index (χ4n) is 3.53. The van der Waals surface area contributed by atoms with Crippen molar-refractivity contribution in [3.05, 3.63) is 23.8 Å². The maximum atomic E-state index is 12.4. The Balaban J connectivity index is 1.67. The first-order valence-corrected chi connectivity index (χ1v) is 11.8. The van der Waals surface area contributed by atoms with Gasteiger partial charge in [-0.1, -0.05) is 13.3 Å². The number of amides is 3. The van der Waals surface area contributed by atoms with Gasteiger partial charge in [-0.25, -0.2) is 4.79 Å². The average Bonchev–Trinajstić information content (AvgIpc) is 2.82. The molecule has 2 rings (SSSR count). The van der Waals surface area contributed by atoms with E-state index in [-0.39, 0.29) is 23.9 Å². The minimum absolute atomic E-state index is 0.0471. The third kappa shape index (κ3) is 8.82. The van der Waals surface area contributed by atoms with Gasteiger partial charge in [-0.2, -0.15) is 0 Å². The van der Waals surface area contributed by atoms with Crippen molar-refractivity contribution in [3.63, 3.8) is 0 Å². The van der Waals surface area contributed by atoms with Crippen LogP contribution in [0.5, 0.6) is 11.5 Å². The van der Waals surface area contributed by atoms with Crippen molar-refractivity contribution in [3.8, 4) is 11.5 Å². The minimum atomic E-state index is -0.297. The van der Waals surface area contributed by atoms with E-state index in [1.54, 1.807) is 37.1 Å². The predicted molar refractivity (Wildman–Crippen MR) is 125 cm³/mol. The van der Waals surface area contributed by atoms with Gasteiger partial charge in [-0.15, -0.1) is 0 Å². The molecule has 2 N–H and O–H groups in total. The lowest BCUT2D eigenvalue weighted by Crippen LogP contribution is -2.46. The molecule has 9 heteroatoms. The van der Waals surface area contributed by atoms with E-state index in [0.29, 0.717) is 75.6 Å². The molecule has 184 valence electrons. The number of piperidine rings is 1. The van der Waals surface area contributed by atoms with Gasteiger partial charge in [0.25, 0.3) is 5.91 Å². The second-order valence-corrected chi connectivity index (χ2v) is 7.95. The van der Waals surface area contributed by atoms with E-state index in [2.05, 4.69) is 17.6 Å². The Labute approximate surface area is 196 Å². The monoisotopic (exact) mass is 463 g/mol. The zero-order valence-corrected chi connectivity index (χ0v) is 20.0. The summed E-state index contributed by atoms with van der Waals surface area (Å²) in [5, 5.41) is 5.85. The van der Waals surface area contributed by atoms with E-state index in [1.807, 2.05) is 0 Å². The number of carbonyl (C=O) groups is 3. The Kier molecular flexibility index (Phi) is 11.3. The van der Waals surface area contributed by atoms with E-state index in [9.17, 15) is 14.4 Å². The first-order chi connectivity index (χ1) is 16.0. The summed E-state index contributed by atoms with van der Waals surface area (Å²) >= 11 is 0. The molecule has 1 aromatic carbocycles. The van der Waals surface area contributed by atoms with E-state index >= 15 is 0 Å². The van der Waals surface area contributed by atoms with Crippen LogP contribution in [0.4, 0.5) is 4.79 Å². The molecular weight excluding hydrogens is 426 g/mol. The number of hydrogen-bond acceptors (Lipinski definition) is 6. The molecule has 1 fully saturated rings. The fourth-order valence-corrected chi connectivity index (χ4v) is 3.53. The topological polar surface area (TPSA) is 106 Å². The smallest absolute Gasteiger partial charge is 0.409 e. The molecule has 1 heterocycles. The predicted octanol–water partition coefficient (Wildman–Crippen LogP) is 3.12. The Hall–Kier alpha value is -2.97. The normalized spacial score (nSPS) is 13.8. The van der Waals surface area contributed by atoms with Crippen molar-refractivity contribution in [1.29, 1.82) is 0 Å². The molecule has 1 aliphatic heterocycles. The molecule has 1 aromatic rings. The van der Waals surface area contributed by atoms with Crippen molar-refractivity contribution >= 4 is 17.9 Å². The summed E-state index contributed by atoms with van der Waals surface area (Å²) in [5.74, 6) is 0.869. The summed E-state index contributed by atoms with van der Waals surface area (Å²) in [4.78, 5) is 38.0. The van der Waals surface area contributed by atoms with Crippen LogP contribution >= 0.6 is 0 Å². The summed E-state index contributed by atoms with van der Waals surface area (Å²) in [7, 11) is 1.54. The number of nitrogens with zero attached hydrogens (tertiary/aromatic N) is 1. The molecule has 0 spiro atoms. The number of methoxy groups -OCH3 is 1. The molecule has 0 unspecified atom stereocenters. The van der Waals surface area contributed by atoms with Gasteiger partial charge in [-0.3, -0.25) is 9.59 Å². The number of likely N-dealkylation sites (tertiary alicyclic amines) is 1. The molecule has 33 heavy (non-hydrogen) atoms. The third-order valence-corrected chi connectivity index (χ3v) is 5.43. The van der Waals surface area contributed by atoms with Crippen LogP contribution < -0.4 is 20.1 Å². The molecule has 1 aliphatic rings. The summed E-state index contributed by atoms with van der Waals surface area (Å²) in [6.07, 6.45) is 3.97. The van der Waals surface area contributed by atoms with Crippen LogP contribution in [0, 0.1) is 0 Å². The molecule has 0 saturated carbocycles. The van der Waals surface area contributed by atoms with Crippen molar-refractivity contribution in [2.24, 2.45) is 0 Å². The summed E-state index contributed by atoms with van der Waals surface area (Å²) in [5.41, 5.74) is 0.479. The molecular formula is C24H37N3O6. The van der Waals surface area contributed by atoms with Gasteiger partial charge in [0, 0.05) is 37.7 Å². The van der Waals surface area contributed by atoms with Crippen molar-refractivity contribution in [2.75, 3.05) is 40.0 Å². The van der Waals surface area contributed by atoms with Gasteiger partial charge < -0.3 is 29.7 Å². The second-order valence-electron chi connectivity index (χ2n) is 7.95. The van der Waals surface area contributed by atoms with Crippen molar-refractivity contribution in [1.82, 2.24) is 15.5 Å². The van der Waals surface area contributed by atoms with Gasteiger partial charge in [0.2, 0.25) is 5.91 Å². The number of nitrogens with one attached hydrogen (secondary N) is 2. The average molecular weight is 464 g/mol.